The van der Waals surface area contributed by atoms with Gasteiger partial charge in [0.2, 0.25) is 5.91 Å². The molecular formula is C13H21NO6. The summed E-state index contributed by atoms with van der Waals surface area (Å²) in [6, 6.07) is -1.17. The molecule has 0 radical (unpaired) electrons. The number of carbonyl (C=O) groups is 3. The zero-order valence-corrected chi connectivity index (χ0v) is 12.1. The van der Waals surface area contributed by atoms with Crippen LogP contribution in [0, 0.1) is 5.92 Å². The van der Waals surface area contributed by atoms with E-state index in [0.717, 1.165) is 4.90 Å². The van der Waals surface area contributed by atoms with Gasteiger partial charge in [-0.15, -0.1) is 0 Å². The SMILES string of the molecule is C[C@H](OC(C)(C)C)[C@H](C(=O)O)N1CC(C(=O)O)CC1=O. The maximum absolute atomic E-state index is 11.8. The molecule has 1 aliphatic rings. The van der Waals surface area contributed by atoms with Crippen LogP contribution in [0.25, 0.3) is 0 Å². The maximum atomic E-state index is 11.8. The quantitative estimate of drug-likeness (QED) is 0.766. The molecule has 1 fully saturated rings. The molecule has 0 bridgehead atoms. The second-order valence-corrected chi connectivity index (χ2v) is 6.00. The van der Waals surface area contributed by atoms with E-state index < -0.39 is 41.5 Å². The molecule has 1 heterocycles. The Morgan fingerprint density at radius 3 is 2.25 bits per heavy atom. The summed E-state index contributed by atoms with van der Waals surface area (Å²) < 4.78 is 5.60. The zero-order valence-electron chi connectivity index (χ0n) is 12.1. The van der Waals surface area contributed by atoms with E-state index in [-0.39, 0.29) is 13.0 Å². The van der Waals surface area contributed by atoms with E-state index in [1.807, 2.05) is 0 Å². The first-order valence-corrected chi connectivity index (χ1v) is 6.46. The number of hydrogen-bond donors (Lipinski definition) is 2. The molecule has 0 aromatic carbocycles. The molecule has 0 aliphatic carbocycles. The highest BCUT2D eigenvalue weighted by Gasteiger charge is 2.43. The Hall–Kier alpha value is -1.63. The monoisotopic (exact) mass is 287 g/mol. The number of likely N-dealkylation sites (tertiary alicyclic amines) is 1. The van der Waals surface area contributed by atoms with Crippen LogP contribution in [-0.4, -0.2) is 57.3 Å². The predicted molar refractivity (Wildman–Crippen MR) is 69.2 cm³/mol. The van der Waals surface area contributed by atoms with Crippen LogP contribution in [0.15, 0.2) is 0 Å². The van der Waals surface area contributed by atoms with Crippen molar-refractivity contribution in [2.24, 2.45) is 5.92 Å². The van der Waals surface area contributed by atoms with E-state index in [4.69, 9.17) is 9.84 Å². The highest BCUT2D eigenvalue weighted by molar-refractivity contribution is 5.89. The molecular weight excluding hydrogens is 266 g/mol. The van der Waals surface area contributed by atoms with Crippen molar-refractivity contribution in [3.63, 3.8) is 0 Å². The van der Waals surface area contributed by atoms with Crippen molar-refractivity contribution in [1.29, 1.82) is 0 Å². The van der Waals surface area contributed by atoms with E-state index in [1.165, 1.54) is 0 Å². The van der Waals surface area contributed by atoms with Crippen LogP contribution in [0.1, 0.15) is 34.1 Å². The van der Waals surface area contributed by atoms with E-state index >= 15 is 0 Å². The van der Waals surface area contributed by atoms with Gasteiger partial charge in [0.1, 0.15) is 0 Å². The molecule has 7 heteroatoms. The van der Waals surface area contributed by atoms with Crippen LogP contribution >= 0.6 is 0 Å². The van der Waals surface area contributed by atoms with Gasteiger partial charge in [-0.05, 0) is 27.7 Å². The van der Waals surface area contributed by atoms with E-state index in [9.17, 15) is 19.5 Å². The fourth-order valence-corrected chi connectivity index (χ4v) is 2.38. The van der Waals surface area contributed by atoms with Gasteiger partial charge in [-0.1, -0.05) is 0 Å². The lowest BCUT2D eigenvalue weighted by Crippen LogP contribution is -2.51. The van der Waals surface area contributed by atoms with Crippen LogP contribution in [-0.2, 0) is 19.1 Å². The molecule has 3 atom stereocenters. The summed E-state index contributed by atoms with van der Waals surface area (Å²) in [5, 5.41) is 18.3. The van der Waals surface area contributed by atoms with Gasteiger partial charge in [-0.2, -0.15) is 0 Å². The van der Waals surface area contributed by atoms with Gasteiger partial charge in [0.05, 0.1) is 17.6 Å². The Morgan fingerprint density at radius 1 is 1.35 bits per heavy atom. The van der Waals surface area contributed by atoms with Crippen molar-refractivity contribution < 1.29 is 29.3 Å². The summed E-state index contributed by atoms with van der Waals surface area (Å²) >= 11 is 0. The highest BCUT2D eigenvalue weighted by Crippen LogP contribution is 2.24. The molecule has 1 unspecified atom stereocenters. The van der Waals surface area contributed by atoms with Crippen LogP contribution in [0.3, 0.4) is 0 Å². The number of carbonyl (C=O) groups excluding carboxylic acids is 1. The average molecular weight is 287 g/mol. The number of hydrogen-bond acceptors (Lipinski definition) is 4. The van der Waals surface area contributed by atoms with Gasteiger partial charge in [0.25, 0.3) is 0 Å². The zero-order chi connectivity index (χ0) is 15.7. The number of rotatable bonds is 5. The summed E-state index contributed by atoms with van der Waals surface area (Å²) in [6.45, 7) is 6.84. The number of carboxylic acid groups (broad SMARTS) is 2. The number of nitrogens with zero attached hydrogens (tertiary/aromatic N) is 1. The van der Waals surface area contributed by atoms with Crippen LogP contribution in [0.5, 0.6) is 0 Å². The minimum absolute atomic E-state index is 0.0943. The van der Waals surface area contributed by atoms with Gasteiger partial charge in [0.15, 0.2) is 6.04 Å². The molecule has 1 rings (SSSR count). The Bertz CT molecular complexity index is 414. The van der Waals surface area contributed by atoms with Crippen molar-refractivity contribution in [3.8, 4) is 0 Å². The lowest BCUT2D eigenvalue weighted by atomic mass is 10.1. The lowest BCUT2D eigenvalue weighted by molar-refractivity contribution is -0.160. The largest absolute Gasteiger partial charge is 0.481 e. The summed E-state index contributed by atoms with van der Waals surface area (Å²) in [4.78, 5) is 35.3. The van der Waals surface area contributed by atoms with Gasteiger partial charge < -0.3 is 19.8 Å². The maximum Gasteiger partial charge on any atom is 0.329 e. The summed E-state index contributed by atoms with van der Waals surface area (Å²) in [5.74, 6) is -3.60. The molecule has 0 spiro atoms. The highest BCUT2D eigenvalue weighted by atomic mass is 16.5. The topological polar surface area (TPSA) is 104 Å². The molecule has 20 heavy (non-hydrogen) atoms. The smallest absolute Gasteiger partial charge is 0.329 e. The second-order valence-electron chi connectivity index (χ2n) is 6.00. The average Bonchev–Trinajstić information content (AvgIpc) is 2.57. The molecule has 0 saturated carbocycles. The molecule has 114 valence electrons. The third-order valence-corrected chi connectivity index (χ3v) is 3.08. The van der Waals surface area contributed by atoms with Crippen molar-refractivity contribution in [3.05, 3.63) is 0 Å². The summed E-state index contributed by atoms with van der Waals surface area (Å²) in [7, 11) is 0. The molecule has 0 aromatic rings. The van der Waals surface area contributed by atoms with Crippen LogP contribution < -0.4 is 0 Å². The van der Waals surface area contributed by atoms with E-state index in [0.29, 0.717) is 0 Å². The number of aliphatic carboxylic acids is 2. The van der Waals surface area contributed by atoms with Crippen molar-refractivity contribution in [1.82, 2.24) is 4.90 Å². The number of ether oxygens (including phenoxy) is 1. The fraction of sp³-hybridized carbons (Fsp3) is 0.769. The molecule has 1 amide bonds. The van der Waals surface area contributed by atoms with E-state index in [2.05, 4.69) is 0 Å². The van der Waals surface area contributed by atoms with Gasteiger partial charge in [-0.25, -0.2) is 4.79 Å². The second kappa shape index (κ2) is 5.78. The fourth-order valence-electron chi connectivity index (χ4n) is 2.38. The minimum atomic E-state index is -1.19. The minimum Gasteiger partial charge on any atom is -0.481 e. The molecule has 1 saturated heterocycles. The van der Waals surface area contributed by atoms with Crippen molar-refractivity contribution in [2.75, 3.05) is 6.54 Å². The Kier molecular flexibility index (Phi) is 4.75. The summed E-state index contributed by atoms with van der Waals surface area (Å²) in [5.41, 5.74) is -0.553. The standard InChI is InChI=1S/C13H21NO6/c1-7(20-13(2,3)4)10(12(18)19)14-6-8(11(16)17)5-9(14)15/h7-8,10H,5-6H2,1-4H3,(H,16,17)(H,18,19)/t7-,8?,10+/m0/s1. The third kappa shape index (κ3) is 3.93. The number of carboxylic acids is 2. The first kappa shape index (κ1) is 16.4. The van der Waals surface area contributed by atoms with Crippen molar-refractivity contribution >= 4 is 17.8 Å². The number of amides is 1. The van der Waals surface area contributed by atoms with Gasteiger partial charge >= 0.3 is 11.9 Å². The van der Waals surface area contributed by atoms with Crippen LogP contribution in [0.2, 0.25) is 0 Å². The van der Waals surface area contributed by atoms with Gasteiger partial charge in [0, 0.05) is 13.0 Å². The third-order valence-electron chi connectivity index (χ3n) is 3.08. The van der Waals surface area contributed by atoms with E-state index in [1.54, 1.807) is 27.7 Å². The lowest BCUT2D eigenvalue weighted by Gasteiger charge is -2.33. The summed E-state index contributed by atoms with van der Waals surface area (Å²) in [6.07, 6.45) is -0.898. The Morgan fingerprint density at radius 2 is 1.90 bits per heavy atom. The first-order valence-electron chi connectivity index (χ1n) is 6.46. The molecule has 1 aliphatic heterocycles. The Balaban J connectivity index is 2.89. The molecule has 2 N–H and O–H groups in total. The first-order chi connectivity index (χ1) is 9.03. The Labute approximate surface area is 117 Å². The molecule has 0 aromatic heterocycles. The molecule has 7 nitrogen and oxygen atoms in total. The van der Waals surface area contributed by atoms with Crippen LogP contribution in [0.4, 0.5) is 0 Å². The van der Waals surface area contributed by atoms with Crippen molar-refractivity contribution in [2.45, 2.75) is 51.9 Å². The van der Waals surface area contributed by atoms with Gasteiger partial charge in [-0.3, -0.25) is 9.59 Å². The normalized spacial score (nSPS) is 22.7. The predicted octanol–water partition coefficient (Wildman–Crippen LogP) is 0.576.